The largest absolute Gasteiger partial charge is 0.374 e. The minimum absolute atomic E-state index is 0.0548. The van der Waals surface area contributed by atoms with E-state index in [1.54, 1.807) is 0 Å². The molecule has 2 heteroatoms. The fourth-order valence-corrected chi connectivity index (χ4v) is 2.43. The summed E-state index contributed by atoms with van der Waals surface area (Å²) in [5, 5.41) is 3.61. The summed E-state index contributed by atoms with van der Waals surface area (Å²) in [7, 11) is 0. The number of ether oxygens (including phenoxy) is 1. The summed E-state index contributed by atoms with van der Waals surface area (Å²) < 4.78 is 6.05. The molecule has 2 nitrogen and oxygen atoms in total. The van der Waals surface area contributed by atoms with Gasteiger partial charge in [-0.1, -0.05) is 20.8 Å². The van der Waals surface area contributed by atoms with Gasteiger partial charge >= 0.3 is 0 Å². The first-order chi connectivity index (χ1) is 8.20. The monoisotopic (exact) mass is 239 g/mol. The maximum atomic E-state index is 6.05. The van der Waals surface area contributed by atoms with E-state index < -0.39 is 0 Å². The summed E-state index contributed by atoms with van der Waals surface area (Å²) in [6, 6.07) is 0.369. The van der Waals surface area contributed by atoms with Gasteiger partial charge in [-0.05, 0) is 39.2 Å². The lowest BCUT2D eigenvalue weighted by atomic mass is 9.85. The molecule has 0 saturated heterocycles. The second-order valence-corrected chi connectivity index (χ2v) is 4.45. The zero-order valence-electron chi connectivity index (χ0n) is 12.0. The molecule has 0 rings (SSSR count). The summed E-state index contributed by atoms with van der Waals surface area (Å²) in [5.41, 5.74) is -0.0548. The first kappa shape index (κ1) is 16.5. The highest BCUT2D eigenvalue weighted by atomic mass is 16.5. The van der Waals surface area contributed by atoms with Gasteiger partial charge in [0.15, 0.2) is 0 Å². The van der Waals surface area contributed by atoms with E-state index in [-0.39, 0.29) is 5.60 Å². The Morgan fingerprint density at radius 3 is 2.29 bits per heavy atom. The SMILES string of the molecule is C#CCCC(NCCC)C(CC)(CC)OCC. The molecular weight excluding hydrogens is 210 g/mol. The molecule has 1 unspecified atom stereocenters. The van der Waals surface area contributed by atoms with Gasteiger partial charge in [0.1, 0.15) is 0 Å². The molecule has 0 amide bonds. The average Bonchev–Trinajstić information content (AvgIpc) is 2.37. The van der Waals surface area contributed by atoms with Crippen LogP contribution in [0.4, 0.5) is 0 Å². The number of hydrogen-bond acceptors (Lipinski definition) is 2. The second-order valence-electron chi connectivity index (χ2n) is 4.45. The van der Waals surface area contributed by atoms with Gasteiger partial charge in [0, 0.05) is 19.1 Å². The fourth-order valence-electron chi connectivity index (χ4n) is 2.43. The Kier molecular flexibility index (Phi) is 9.21. The third-order valence-electron chi connectivity index (χ3n) is 3.48. The number of terminal acetylenes is 1. The van der Waals surface area contributed by atoms with E-state index in [4.69, 9.17) is 11.2 Å². The van der Waals surface area contributed by atoms with E-state index in [0.717, 1.165) is 45.3 Å². The fraction of sp³-hybridized carbons (Fsp3) is 0.867. The van der Waals surface area contributed by atoms with Gasteiger partial charge in [0.25, 0.3) is 0 Å². The van der Waals surface area contributed by atoms with E-state index in [0.29, 0.717) is 6.04 Å². The summed E-state index contributed by atoms with van der Waals surface area (Å²) in [4.78, 5) is 0. The summed E-state index contributed by atoms with van der Waals surface area (Å²) in [6.45, 7) is 10.5. The Bertz CT molecular complexity index is 215. The summed E-state index contributed by atoms with van der Waals surface area (Å²) in [6.07, 6.45) is 10.4. The van der Waals surface area contributed by atoms with Crippen LogP contribution in [-0.2, 0) is 4.74 Å². The first-order valence-corrected chi connectivity index (χ1v) is 7.01. The van der Waals surface area contributed by atoms with Crippen LogP contribution in [0, 0.1) is 12.3 Å². The van der Waals surface area contributed by atoms with Crippen molar-refractivity contribution in [3.63, 3.8) is 0 Å². The first-order valence-electron chi connectivity index (χ1n) is 7.01. The highest BCUT2D eigenvalue weighted by Gasteiger charge is 2.35. The molecule has 0 spiro atoms. The van der Waals surface area contributed by atoms with Crippen molar-refractivity contribution in [3.8, 4) is 12.3 Å². The van der Waals surface area contributed by atoms with Crippen molar-refractivity contribution < 1.29 is 4.74 Å². The van der Waals surface area contributed by atoms with Crippen LogP contribution >= 0.6 is 0 Å². The maximum absolute atomic E-state index is 6.05. The molecule has 100 valence electrons. The Morgan fingerprint density at radius 1 is 1.24 bits per heavy atom. The quantitative estimate of drug-likeness (QED) is 0.590. The van der Waals surface area contributed by atoms with Crippen LogP contribution in [-0.4, -0.2) is 24.8 Å². The minimum atomic E-state index is -0.0548. The van der Waals surface area contributed by atoms with Crippen LogP contribution in [0.5, 0.6) is 0 Å². The lowest BCUT2D eigenvalue weighted by molar-refractivity contribution is -0.0733. The predicted octanol–water partition coefficient (Wildman–Crippen LogP) is 3.36. The van der Waals surface area contributed by atoms with E-state index in [1.165, 1.54) is 0 Å². The summed E-state index contributed by atoms with van der Waals surface area (Å²) in [5.74, 6) is 2.74. The van der Waals surface area contributed by atoms with Gasteiger partial charge in [-0.2, -0.15) is 0 Å². The molecule has 0 aliphatic heterocycles. The van der Waals surface area contributed by atoms with E-state index in [9.17, 15) is 0 Å². The second kappa shape index (κ2) is 9.50. The Balaban J connectivity index is 4.71. The Hall–Kier alpha value is -0.520. The van der Waals surface area contributed by atoms with Gasteiger partial charge in [-0.15, -0.1) is 12.3 Å². The van der Waals surface area contributed by atoms with Crippen LogP contribution in [0.2, 0.25) is 0 Å². The molecule has 0 saturated carbocycles. The van der Waals surface area contributed by atoms with Crippen molar-refractivity contribution in [1.82, 2.24) is 5.32 Å². The van der Waals surface area contributed by atoms with Gasteiger partial charge in [-0.25, -0.2) is 0 Å². The Morgan fingerprint density at radius 2 is 1.88 bits per heavy atom. The van der Waals surface area contributed by atoms with Crippen molar-refractivity contribution >= 4 is 0 Å². The molecule has 0 fully saturated rings. The van der Waals surface area contributed by atoms with Gasteiger partial charge in [0.2, 0.25) is 0 Å². The number of rotatable bonds is 10. The maximum Gasteiger partial charge on any atom is 0.0829 e. The van der Waals surface area contributed by atoms with Crippen LogP contribution in [0.1, 0.15) is 59.8 Å². The van der Waals surface area contributed by atoms with Crippen molar-refractivity contribution in [2.75, 3.05) is 13.2 Å². The van der Waals surface area contributed by atoms with Crippen LogP contribution in [0.15, 0.2) is 0 Å². The van der Waals surface area contributed by atoms with E-state index >= 15 is 0 Å². The smallest absolute Gasteiger partial charge is 0.0829 e. The van der Waals surface area contributed by atoms with Crippen molar-refractivity contribution in [2.24, 2.45) is 0 Å². The van der Waals surface area contributed by atoms with Crippen LogP contribution < -0.4 is 5.32 Å². The lowest BCUT2D eigenvalue weighted by Crippen LogP contribution is -2.52. The molecule has 0 bridgehead atoms. The molecule has 0 aromatic heterocycles. The van der Waals surface area contributed by atoms with Crippen molar-refractivity contribution in [1.29, 1.82) is 0 Å². The predicted molar refractivity (Wildman–Crippen MR) is 75.1 cm³/mol. The van der Waals surface area contributed by atoms with Gasteiger partial charge in [-0.3, -0.25) is 0 Å². The standard InChI is InChI=1S/C15H29NO/c1-6-11-12-14(16-13-7-2)15(8-3,9-4)17-10-5/h1,14,16H,7-13H2,2-5H3. The van der Waals surface area contributed by atoms with Crippen LogP contribution in [0.3, 0.4) is 0 Å². The molecule has 0 aliphatic rings. The number of nitrogens with one attached hydrogen (secondary N) is 1. The highest BCUT2D eigenvalue weighted by molar-refractivity contribution is 4.95. The molecule has 1 atom stereocenters. The zero-order valence-corrected chi connectivity index (χ0v) is 12.0. The minimum Gasteiger partial charge on any atom is -0.374 e. The van der Waals surface area contributed by atoms with Crippen molar-refractivity contribution in [3.05, 3.63) is 0 Å². The molecule has 1 N–H and O–H groups in total. The van der Waals surface area contributed by atoms with E-state index in [1.807, 2.05) is 0 Å². The topological polar surface area (TPSA) is 21.3 Å². The molecule has 0 heterocycles. The van der Waals surface area contributed by atoms with Gasteiger partial charge < -0.3 is 10.1 Å². The normalized spacial score (nSPS) is 13.4. The Labute approximate surface area is 108 Å². The third-order valence-corrected chi connectivity index (χ3v) is 3.48. The zero-order chi connectivity index (χ0) is 13.1. The molecule has 0 aliphatic carbocycles. The molecule has 17 heavy (non-hydrogen) atoms. The molecule has 0 aromatic carbocycles. The average molecular weight is 239 g/mol. The van der Waals surface area contributed by atoms with Gasteiger partial charge in [0.05, 0.1) is 5.60 Å². The molecular formula is C15H29NO. The highest BCUT2D eigenvalue weighted by Crippen LogP contribution is 2.27. The van der Waals surface area contributed by atoms with Crippen molar-refractivity contribution in [2.45, 2.75) is 71.4 Å². The molecule has 0 aromatic rings. The lowest BCUT2D eigenvalue weighted by Gasteiger charge is -2.40. The third kappa shape index (κ3) is 5.10. The number of hydrogen-bond donors (Lipinski definition) is 1. The van der Waals surface area contributed by atoms with E-state index in [2.05, 4.69) is 38.9 Å². The van der Waals surface area contributed by atoms with Crippen LogP contribution in [0.25, 0.3) is 0 Å². The molecule has 0 radical (unpaired) electrons. The summed E-state index contributed by atoms with van der Waals surface area (Å²) >= 11 is 0.